The molecule has 0 radical (unpaired) electrons. The summed E-state index contributed by atoms with van der Waals surface area (Å²) in [5, 5.41) is 5.60. The molecular weight excluding hydrogens is 282 g/mol. The van der Waals surface area contributed by atoms with Crippen molar-refractivity contribution in [2.24, 2.45) is 0 Å². The number of nitrogens with zero attached hydrogens (tertiary/aromatic N) is 1. The third-order valence-electron chi connectivity index (χ3n) is 2.91. The van der Waals surface area contributed by atoms with Crippen LogP contribution in [-0.2, 0) is 11.3 Å². The Morgan fingerprint density at radius 1 is 1.18 bits per heavy atom. The highest BCUT2D eigenvalue weighted by atomic mass is 16.5. The van der Waals surface area contributed by atoms with Crippen molar-refractivity contribution in [3.63, 3.8) is 0 Å². The fourth-order valence-electron chi connectivity index (χ4n) is 1.80. The van der Waals surface area contributed by atoms with E-state index in [9.17, 15) is 4.79 Å². The van der Waals surface area contributed by atoms with Gasteiger partial charge in [0, 0.05) is 18.8 Å². The number of likely N-dealkylation sites (N-methyl/N-ethyl adjacent to an activating group) is 1. The van der Waals surface area contributed by atoms with Crippen LogP contribution in [0.25, 0.3) is 0 Å². The minimum Gasteiger partial charge on any atom is -0.497 e. The van der Waals surface area contributed by atoms with E-state index in [1.165, 1.54) is 0 Å². The Balaban J connectivity index is 1.96. The lowest BCUT2D eigenvalue weighted by atomic mass is 10.2. The van der Waals surface area contributed by atoms with E-state index in [0.717, 1.165) is 11.3 Å². The Hall–Kier alpha value is -2.60. The normalized spacial score (nSPS) is 10.1. The van der Waals surface area contributed by atoms with Crippen LogP contribution in [0, 0.1) is 0 Å². The molecule has 1 amide bonds. The topological polar surface area (TPSA) is 72.5 Å². The van der Waals surface area contributed by atoms with E-state index < -0.39 is 0 Å². The SMILES string of the molecule is CNCC(=O)NCc1ccnc(Oc2ccc(OC)cc2)c1. The van der Waals surface area contributed by atoms with Crippen molar-refractivity contribution in [3.05, 3.63) is 48.2 Å². The Bertz CT molecular complexity index is 614. The van der Waals surface area contributed by atoms with Gasteiger partial charge in [0.2, 0.25) is 11.8 Å². The van der Waals surface area contributed by atoms with Gasteiger partial charge in [-0.05, 0) is 42.9 Å². The molecule has 0 aliphatic heterocycles. The number of rotatable bonds is 7. The van der Waals surface area contributed by atoms with Crippen molar-refractivity contribution in [3.8, 4) is 17.4 Å². The van der Waals surface area contributed by atoms with Crippen LogP contribution in [0.3, 0.4) is 0 Å². The van der Waals surface area contributed by atoms with Crippen LogP contribution in [-0.4, -0.2) is 31.6 Å². The van der Waals surface area contributed by atoms with Crippen LogP contribution >= 0.6 is 0 Å². The molecule has 0 saturated heterocycles. The van der Waals surface area contributed by atoms with E-state index in [2.05, 4.69) is 15.6 Å². The second-order valence-corrected chi connectivity index (χ2v) is 4.59. The summed E-state index contributed by atoms with van der Waals surface area (Å²) in [6.07, 6.45) is 1.65. The van der Waals surface area contributed by atoms with Gasteiger partial charge in [-0.2, -0.15) is 0 Å². The third kappa shape index (κ3) is 4.75. The molecule has 0 aliphatic carbocycles. The van der Waals surface area contributed by atoms with Crippen LogP contribution in [0.5, 0.6) is 17.4 Å². The molecule has 6 heteroatoms. The van der Waals surface area contributed by atoms with Gasteiger partial charge >= 0.3 is 0 Å². The molecule has 0 unspecified atom stereocenters. The first kappa shape index (κ1) is 15.8. The molecule has 0 spiro atoms. The predicted molar refractivity (Wildman–Crippen MR) is 83.1 cm³/mol. The molecule has 1 aromatic carbocycles. The highest BCUT2D eigenvalue weighted by Crippen LogP contribution is 2.22. The number of carbonyl (C=O) groups is 1. The molecule has 0 fully saturated rings. The van der Waals surface area contributed by atoms with Crippen LogP contribution in [0.15, 0.2) is 42.6 Å². The molecular formula is C16H19N3O3. The minimum atomic E-state index is -0.0584. The zero-order chi connectivity index (χ0) is 15.8. The van der Waals surface area contributed by atoms with E-state index in [-0.39, 0.29) is 5.91 Å². The molecule has 2 aromatic rings. The fraction of sp³-hybridized carbons (Fsp3) is 0.250. The maximum atomic E-state index is 11.4. The van der Waals surface area contributed by atoms with Crippen LogP contribution in [0.1, 0.15) is 5.56 Å². The number of benzene rings is 1. The Labute approximate surface area is 129 Å². The number of aromatic nitrogens is 1. The second-order valence-electron chi connectivity index (χ2n) is 4.59. The van der Waals surface area contributed by atoms with Crippen LogP contribution in [0.4, 0.5) is 0 Å². The largest absolute Gasteiger partial charge is 0.497 e. The van der Waals surface area contributed by atoms with Crippen molar-refractivity contribution >= 4 is 5.91 Å². The van der Waals surface area contributed by atoms with Gasteiger partial charge in [-0.25, -0.2) is 4.98 Å². The first-order valence-electron chi connectivity index (χ1n) is 6.89. The fourth-order valence-corrected chi connectivity index (χ4v) is 1.80. The van der Waals surface area contributed by atoms with Gasteiger partial charge in [-0.1, -0.05) is 0 Å². The summed E-state index contributed by atoms with van der Waals surface area (Å²) in [7, 11) is 3.34. The molecule has 0 saturated carbocycles. The number of nitrogens with one attached hydrogen (secondary N) is 2. The van der Waals surface area contributed by atoms with Gasteiger partial charge in [0.1, 0.15) is 11.5 Å². The lowest BCUT2D eigenvalue weighted by Gasteiger charge is -2.08. The zero-order valence-corrected chi connectivity index (χ0v) is 12.6. The van der Waals surface area contributed by atoms with Crippen molar-refractivity contribution in [2.45, 2.75) is 6.54 Å². The molecule has 0 atom stereocenters. The summed E-state index contributed by atoms with van der Waals surface area (Å²) in [6, 6.07) is 10.9. The summed E-state index contributed by atoms with van der Waals surface area (Å²) in [5.74, 6) is 1.86. The summed E-state index contributed by atoms with van der Waals surface area (Å²) < 4.78 is 10.8. The lowest BCUT2D eigenvalue weighted by Crippen LogP contribution is -2.31. The molecule has 0 bridgehead atoms. The van der Waals surface area contributed by atoms with E-state index >= 15 is 0 Å². The van der Waals surface area contributed by atoms with Crippen molar-refractivity contribution < 1.29 is 14.3 Å². The highest BCUT2D eigenvalue weighted by molar-refractivity contribution is 5.77. The van der Waals surface area contributed by atoms with Crippen LogP contribution in [0.2, 0.25) is 0 Å². The van der Waals surface area contributed by atoms with E-state index in [0.29, 0.717) is 24.7 Å². The molecule has 2 N–H and O–H groups in total. The van der Waals surface area contributed by atoms with Gasteiger partial charge in [-0.3, -0.25) is 4.79 Å². The van der Waals surface area contributed by atoms with Gasteiger partial charge in [-0.15, -0.1) is 0 Å². The van der Waals surface area contributed by atoms with Gasteiger partial charge in [0.05, 0.1) is 13.7 Å². The summed E-state index contributed by atoms with van der Waals surface area (Å²) in [4.78, 5) is 15.6. The molecule has 6 nitrogen and oxygen atoms in total. The smallest absolute Gasteiger partial charge is 0.234 e. The monoisotopic (exact) mass is 301 g/mol. The van der Waals surface area contributed by atoms with Crippen molar-refractivity contribution in [1.29, 1.82) is 0 Å². The molecule has 2 rings (SSSR count). The maximum Gasteiger partial charge on any atom is 0.234 e. The minimum absolute atomic E-state index is 0.0584. The first-order valence-corrected chi connectivity index (χ1v) is 6.89. The lowest BCUT2D eigenvalue weighted by molar-refractivity contribution is -0.120. The third-order valence-corrected chi connectivity index (χ3v) is 2.91. The van der Waals surface area contributed by atoms with Crippen molar-refractivity contribution in [1.82, 2.24) is 15.6 Å². The molecule has 0 aliphatic rings. The van der Waals surface area contributed by atoms with Gasteiger partial charge < -0.3 is 20.1 Å². The first-order chi connectivity index (χ1) is 10.7. The Morgan fingerprint density at radius 2 is 1.91 bits per heavy atom. The second kappa shape index (κ2) is 7.99. The standard InChI is InChI=1S/C16H19N3O3/c1-17-11-15(20)19-10-12-7-8-18-16(9-12)22-14-5-3-13(21-2)4-6-14/h3-9,17H,10-11H2,1-2H3,(H,19,20). The number of methoxy groups -OCH3 is 1. The van der Waals surface area contributed by atoms with Crippen molar-refractivity contribution in [2.75, 3.05) is 20.7 Å². The average Bonchev–Trinajstić information content (AvgIpc) is 2.54. The van der Waals surface area contributed by atoms with Crippen LogP contribution < -0.4 is 20.1 Å². The predicted octanol–water partition coefficient (Wildman–Crippen LogP) is 1.72. The number of ether oxygens (including phenoxy) is 2. The van der Waals surface area contributed by atoms with E-state index in [1.54, 1.807) is 26.4 Å². The summed E-state index contributed by atoms with van der Waals surface area (Å²) >= 11 is 0. The molecule has 116 valence electrons. The zero-order valence-electron chi connectivity index (χ0n) is 12.6. The van der Waals surface area contributed by atoms with E-state index in [1.807, 2.05) is 30.3 Å². The Kier molecular flexibility index (Phi) is 5.73. The Morgan fingerprint density at radius 3 is 2.59 bits per heavy atom. The number of amides is 1. The number of hydrogen-bond acceptors (Lipinski definition) is 5. The summed E-state index contributed by atoms with van der Waals surface area (Å²) in [6.45, 7) is 0.724. The molecule has 1 aromatic heterocycles. The summed E-state index contributed by atoms with van der Waals surface area (Å²) in [5.41, 5.74) is 0.919. The molecule has 22 heavy (non-hydrogen) atoms. The quantitative estimate of drug-likeness (QED) is 0.814. The van der Waals surface area contributed by atoms with Gasteiger partial charge in [0.25, 0.3) is 0 Å². The number of pyridine rings is 1. The highest BCUT2D eigenvalue weighted by Gasteiger charge is 2.03. The average molecular weight is 301 g/mol. The van der Waals surface area contributed by atoms with E-state index in [4.69, 9.17) is 9.47 Å². The van der Waals surface area contributed by atoms with Gasteiger partial charge in [0.15, 0.2) is 0 Å². The number of hydrogen-bond donors (Lipinski definition) is 2. The maximum absolute atomic E-state index is 11.4. The molecule has 1 heterocycles. The number of carbonyl (C=O) groups excluding carboxylic acids is 1.